The Hall–Kier alpha value is -2.81. The van der Waals surface area contributed by atoms with Crippen molar-refractivity contribution in [1.82, 2.24) is 29.7 Å². The van der Waals surface area contributed by atoms with Gasteiger partial charge in [0.1, 0.15) is 5.52 Å². The fourth-order valence-electron chi connectivity index (χ4n) is 2.41. The van der Waals surface area contributed by atoms with E-state index in [2.05, 4.69) is 25.0 Å². The van der Waals surface area contributed by atoms with E-state index in [0.717, 1.165) is 0 Å². The van der Waals surface area contributed by atoms with Crippen LogP contribution in [0.25, 0.3) is 33.5 Å². The van der Waals surface area contributed by atoms with Crippen molar-refractivity contribution in [2.45, 2.75) is 6.55 Å². The average Bonchev–Trinajstić information content (AvgIpc) is 3.10. The van der Waals surface area contributed by atoms with Crippen LogP contribution in [0.2, 0.25) is 5.02 Å². The number of aromatic nitrogens is 6. The minimum Gasteiger partial charge on any atom is -0.305 e. The number of fused-ring (bicyclic) bond motifs is 2. The van der Waals surface area contributed by atoms with E-state index in [0.29, 0.717) is 32.0 Å². The quantitative estimate of drug-likeness (QED) is 0.588. The minimum atomic E-state index is -2.80. The maximum absolute atomic E-state index is 12.8. The molecule has 2 N–H and O–H groups in total. The monoisotopic (exact) mass is 336 g/mol. The first-order valence-corrected chi connectivity index (χ1v) is 6.81. The van der Waals surface area contributed by atoms with Crippen molar-refractivity contribution >= 4 is 33.8 Å². The smallest absolute Gasteiger partial charge is 0.305 e. The third-order valence-corrected chi connectivity index (χ3v) is 3.71. The van der Waals surface area contributed by atoms with Gasteiger partial charge in [-0.3, -0.25) is 0 Å². The van der Waals surface area contributed by atoms with Crippen molar-refractivity contribution < 1.29 is 8.78 Å². The van der Waals surface area contributed by atoms with Gasteiger partial charge in [-0.2, -0.15) is 18.6 Å². The Labute approximate surface area is 130 Å². The summed E-state index contributed by atoms with van der Waals surface area (Å²) in [6, 6.07) is 3.28. The van der Waals surface area contributed by atoms with Crippen molar-refractivity contribution in [1.29, 1.82) is 0 Å². The van der Waals surface area contributed by atoms with Gasteiger partial charge in [0.15, 0.2) is 5.65 Å². The summed E-state index contributed by atoms with van der Waals surface area (Å²) in [7, 11) is 0. The first kappa shape index (κ1) is 13.8. The Morgan fingerprint density at radius 1 is 1.17 bits per heavy atom. The Morgan fingerprint density at radius 3 is 2.74 bits per heavy atom. The first-order valence-electron chi connectivity index (χ1n) is 6.44. The number of nitrogens with zero attached hydrogens (tertiary/aromatic N) is 4. The van der Waals surface area contributed by atoms with E-state index in [9.17, 15) is 13.6 Å². The summed E-state index contributed by atoms with van der Waals surface area (Å²) in [5.74, 6) is 0. The normalized spacial score (nSPS) is 11.8. The summed E-state index contributed by atoms with van der Waals surface area (Å²) in [5.41, 5.74) is 1.69. The van der Waals surface area contributed by atoms with Gasteiger partial charge < -0.3 is 9.97 Å². The number of H-pyrrole nitrogens is 2. The Balaban J connectivity index is 1.96. The average molecular weight is 337 g/mol. The van der Waals surface area contributed by atoms with Crippen molar-refractivity contribution in [3.05, 3.63) is 40.0 Å². The molecular weight excluding hydrogens is 330 g/mol. The van der Waals surface area contributed by atoms with Crippen LogP contribution < -0.4 is 5.69 Å². The van der Waals surface area contributed by atoms with Crippen LogP contribution in [-0.2, 0) is 0 Å². The van der Waals surface area contributed by atoms with Gasteiger partial charge in [-0.25, -0.2) is 14.8 Å². The Kier molecular flexibility index (Phi) is 2.91. The van der Waals surface area contributed by atoms with Crippen LogP contribution in [0.15, 0.2) is 29.3 Å². The highest BCUT2D eigenvalue weighted by Gasteiger charge is 2.16. The number of benzene rings is 1. The fraction of sp³-hybridized carbons (Fsp3) is 0.0769. The summed E-state index contributed by atoms with van der Waals surface area (Å²) in [6.07, 6.45) is 2.56. The zero-order chi connectivity index (χ0) is 16.1. The zero-order valence-corrected chi connectivity index (χ0v) is 12.0. The molecule has 3 heterocycles. The molecule has 1 aromatic carbocycles. The molecule has 0 fully saturated rings. The van der Waals surface area contributed by atoms with Crippen LogP contribution in [-0.4, -0.2) is 29.7 Å². The predicted octanol–water partition coefficient (Wildman–Crippen LogP) is 2.71. The molecule has 10 heteroatoms. The van der Waals surface area contributed by atoms with Crippen LogP contribution in [0, 0.1) is 0 Å². The first-order chi connectivity index (χ1) is 11.0. The van der Waals surface area contributed by atoms with Gasteiger partial charge in [-0.05, 0) is 12.1 Å². The molecule has 0 unspecified atom stereocenters. The second-order valence-electron chi connectivity index (χ2n) is 4.75. The highest BCUT2D eigenvalue weighted by Crippen LogP contribution is 2.29. The number of alkyl halides is 2. The summed E-state index contributed by atoms with van der Waals surface area (Å²) in [5, 5.41) is 3.94. The molecule has 116 valence electrons. The van der Waals surface area contributed by atoms with Gasteiger partial charge >= 0.3 is 12.2 Å². The third-order valence-electron chi connectivity index (χ3n) is 3.39. The Morgan fingerprint density at radius 2 is 1.96 bits per heavy atom. The molecule has 4 rings (SSSR count). The lowest BCUT2D eigenvalue weighted by Crippen LogP contribution is -2.01. The van der Waals surface area contributed by atoms with Crippen LogP contribution in [0.4, 0.5) is 8.78 Å². The predicted molar refractivity (Wildman–Crippen MR) is 79.5 cm³/mol. The van der Waals surface area contributed by atoms with E-state index in [1.54, 1.807) is 12.1 Å². The number of imidazole rings is 1. The molecule has 7 nitrogen and oxygen atoms in total. The Bertz CT molecular complexity index is 1100. The number of aromatic amines is 2. The lowest BCUT2D eigenvalue weighted by Gasteiger charge is -2.04. The highest BCUT2D eigenvalue weighted by molar-refractivity contribution is 6.35. The van der Waals surface area contributed by atoms with Crippen molar-refractivity contribution in [2.75, 3.05) is 0 Å². The second-order valence-corrected chi connectivity index (χ2v) is 5.16. The maximum atomic E-state index is 12.8. The van der Waals surface area contributed by atoms with E-state index < -0.39 is 12.2 Å². The largest absolute Gasteiger partial charge is 0.335 e. The fourth-order valence-corrected chi connectivity index (χ4v) is 2.61. The number of hydrogen-bond acceptors (Lipinski definition) is 4. The van der Waals surface area contributed by atoms with Gasteiger partial charge in [0.05, 0.1) is 34.1 Å². The lowest BCUT2D eigenvalue weighted by molar-refractivity contribution is 0.0608. The summed E-state index contributed by atoms with van der Waals surface area (Å²) in [4.78, 5) is 25.0. The lowest BCUT2D eigenvalue weighted by atomic mass is 10.1. The van der Waals surface area contributed by atoms with Gasteiger partial charge in [-0.15, -0.1) is 0 Å². The molecule has 0 spiro atoms. The van der Waals surface area contributed by atoms with Gasteiger partial charge in [-0.1, -0.05) is 11.6 Å². The van der Waals surface area contributed by atoms with Crippen LogP contribution in [0.5, 0.6) is 0 Å². The summed E-state index contributed by atoms with van der Waals surface area (Å²) < 4.78 is 26.1. The topological polar surface area (TPSA) is 92.2 Å². The number of hydrogen-bond donors (Lipinski definition) is 2. The molecule has 4 aromatic rings. The van der Waals surface area contributed by atoms with E-state index >= 15 is 0 Å². The van der Waals surface area contributed by atoms with Gasteiger partial charge in [0.25, 0.3) is 0 Å². The molecule has 0 radical (unpaired) electrons. The van der Waals surface area contributed by atoms with E-state index in [4.69, 9.17) is 11.6 Å². The molecule has 0 aliphatic rings. The van der Waals surface area contributed by atoms with Crippen molar-refractivity contribution in [3.8, 4) is 11.3 Å². The zero-order valence-electron chi connectivity index (χ0n) is 11.2. The molecule has 23 heavy (non-hydrogen) atoms. The van der Waals surface area contributed by atoms with E-state index in [1.807, 2.05) is 0 Å². The maximum Gasteiger partial charge on any atom is 0.335 e. The summed E-state index contributed by atoms with van der Waals surface area (Å²) >= 11 is 6.04. The van der Waals surface area contributed by atoms with E-state index in [-0.39, 0.29) is 11.2 Å². The molecule has 0 bridgehead atoms. The molecule has 3 aromatic heterocycles. The second kappa shape index (κ2) is 4.85. The minimum absolute atomic E-state index is 0.0171. The molecule has 0 saturated carbocycles. The highest BCUT2D eigenvalue weighted by atomic mass is 35.5. The van der Waals surface area contributed by atoms with Crippen LogP contribution >= 0.6 is 11.6 Å². The van der Waals surface area contributed by atoms with Crippen LogP contribution in [0.3, 0.4) is 0 Å². The number of rotatable bonds is 2. The number of halogens is 3. The van der Waals surface area contributed by atoms with Gasteiger partial charge in [0.2, 0.25) is 0 Å². The van der Waals surface area contributed by atoms with Crippen molar-refractivity contribution in [3.63, 3.8) is 0 Å². The molecule has 0 saturated heterocycles. The van der Waals surface area contributed by atoms with Crippen LogP contribution in [0.1, 0.15) is 6.55 Å². The third kappa shape index (κ3) is 2.08. The van der Waals surface area contributed by atoms with Gasteiger partial charge in [0, 0.05) is 5.56 Å². The number of nitrogens with one attached hydrogen (secondary N) is 2. The van der Waals surface area contributed by atoms with Crippen molar-refractivity contribution in [2.24, 2.45) is 0 Å². The molecule has 0 aliphatic heterocycles. The molecule has 0 amide bonds. The standard InChI is InChI=1S/C13H7ClF2N6O/c14-6-2-1-5(9-10(6)21-13(23)20-9)7-3-17-11-8(19-7)4-18-22(11)12(15)16/h1-4,12H,(H2,20,21,23). The molecular formula is C13H7ClF2N6O. The molecule has 0 atom stereocenters. The summed E-state index contributed by atoms with van der Waals surface area (Å²) in [6.45, 7) is -2.80. The molecule has 0 aliphatic carbocycles. The SMILES string of the molecule is O=c1[nH]c2c(Cl)ccc(-c3cnc4c(cnn4C(F)F)n3)c2[nH]1. The van der Waals surface area contributed by atoms with E-state index in [1.165, 1.54) is 12.4 Å².